The summed E-state index contributed by atoms with van der Waals surface area (Å²) in [5.41, 5.74) is 11.8. The third-order valence-corrected chi connectivity index (χ3v) is 10.3. The largest absolute Gasteiger partial charge is 0.477 e. The van der Waals surface area contributed by atoms with Gasteiger partial charge < -0.3 is 4.74 Å². The maximum absolute atomic E-state index is 7.54. The first-order valence-corrected chi connectivity index (χ1v) is 15.7. The molecule has 0 saturated heterocycles. The quantitative estimate of drug-likeness (QED) is 0.224. The number of aryl methyl sites for hydroxylation is 3. The minimum Gasteiger partial charge on any atom is -0.477 e. The Labute approximate surface area is 244 Å². The average Bonchev–Trinajstić information content (AvgIpc) is 3.05. The molecular weight excluding hydrogens is 496 g/mol. The zero-order valence-electron chi connectivity index (χ0n) is 24.1. The maximum Gasteiger partial charge on any atom is 0.159 e. The highest BCUT2D eigenvalue weighted by atomic mass is 16.5. The highest BCUT2D eigenvalue weighted by Gasteiger charge is 2.42. The summed E-state index contributed by atoms with van der Waals surface area (Å²) in [6.07, 6.45) is 10.8. The molecule has 1 nitrogen and oxygen atoms in total. The Morgan fingerprint density at radius 3 is 2.10 bits per heavy atom. The molecular formula is C40H38O. The van der Waals surface area contributed by atoms with E-state index < -0.39 is 5.60 Å². The lowest BCUT2D eigenvalue weighted by Gasteiger charge is -2.42. The van der Waals surface area contributed by atoms with Crippen molar-refractivity contribution in [1.82, 2.24) is 0 Å². The van der Waals surface area contributed by atoms with E-state index in [-0.39, 0.29) is 0 Å². The van der Waals surface area contributed by atoms with Crippen molar-refractivity contribution in [3.63, 3.8) is 0 Å². The molecule has 2 aliphatic carbocycles. The van der Waals surface area contributed by atoms with Crippen molar-refractivity contribution in [3.8, 4) is 16.9 Å². The fourth-order valence-corrected chi connectivity index (χ4v) is 8.09. The van der Waals surface area contributed by atoms with Gasteiger partial charge in [-0.1, -0.05) is 122 Å². The van der Waals surface area contributed by atoms with Crippen LogP contribution in [0.2, 0.25) is 0 Å². The van der Waals surface area contributed by atoms with Crippen molar-refractivity contribution in [1.29, 1.82) is 0 Å². The maximum atomic E-state index is 7.54. The highest BCUT2D eigenvalue weighted by Crippen LogP contribution is 2.52. The Kier molecular flexibility index (Phi) is 6.02. The van der Waals surface area contributed by atoms with E-state index in [9.17, 15) is 0 Å². The lowest BCUT2D eigenvalue weighted by Crippen LogP contribution is -2.39. The van der Waals surface area contributed by atoms with E-state index in [0.29, 0.717) is 5.92 Å². The molecule has 8 rings (SSSR count). The zero-order valence-corrected chi connectivity index (χ0v) is 24.1. The lowest BCUT2D eigenvalue weighted by molar-refractivity contribution is 0.0842. The van der Waals surface area contributed by atoms with Crippen LogP contribution in [-0.2, 0) is 24.9 Å². The van der Waals surface area contributed by atoms with Gasteiger partial charge in [0, 0.05) is 11.1 Å². The van der Waals surface area contributed by atoms with Crippen LogP contribution in [0.4, 0.5) is 0 Å². The summed E-state index contributed by atoms with van der Waals surface area (Å²) < 4.78 is 7.54. The molecule has 1 unspecified atom stereocenters. The Morgan fingerprint density at radius 1 is 0.634 bits per heavy atom. The molecule has 1 atom stereocenters. The fraction of sp³-hybridized carbons (Fsp3) is 0.300. The summed E-state index contributed by atoms with van der Waals surface area (Å²) >= 11 is 0. The topological polar surface area (TPSA) is 9.23 Å². The van der Waals surface area contributed by atoms with Gasteiger partial charge >= 0.3 is 0 Å². The van der Waals surface area contributed by atoms with Gasteiger partial charge in [-0.3, -0.25) is 0 Å². The van der Waals surface area contributed by atoms with Crippen LogP contribution in [0.3, 0.4) is 0 Å². The van der Waals surface area contributed by atoms with Crippen molar-refractivity contribution in [3.05, 3.63) is 136 Å². The van der Waals surface area contributed by atoms with Crippen LogP contribution in [-0.4, -0.2) is 0 Å². The number of hydrogen-bond donors (Lipinski definition) is 0. The molecule has 0 aromatic heterocycles. The van der Waals surface area contributed by atoms with Gasteiger partial charge in [0.2, 0.25) is 0 Å². The molecule has 0 N–H and O–H groups in total. The van der Waals surface area contributed by atoms with Gasteiger partial charge in [0.15, 0.2) is 5.60 Å². The minimum absolute atomic E-state index is 0.501. The van der Waals surface area contributed by atoms with E-state index in [1.54, 1.807) is 0 Å². The van der Waals surface area contributed by atoms with Gasteiger partial charge in [-0.2, -0.15) is 0 Å². The molecule has 0 amide bonds. The molecule has 5 aromatic carbocycles. The smallest absolute Gasteiger partial charge is 0.159 e. The average molecular weight is 535 g/mol. The van der Waals surface area contributed by atoms with E-state index in [4.69, 9.17) is 4.74 Å². The van der Waals surface area contributed by atoms with Gasteiger partial charge in [0.05, 0.1) is 0 Å². The van der Waals surface area contributed by atoms with E-state index >= 15 is 0 Å². The summed E-state index contributed by atoms with van der Waals surface area (Å²) in [6, 6.07) is 36.7. The summed E-state index contributed by atoms with van der Waals surface area (Å²) in [5, 5.41) is 2.72. The van der Waals surface area contributed by atoms with Crippen LogP contribution < -0.4 is 4.74 Å². The molecule has 3 aliphatic rings. The van der Waals surface area contributed by atoms with Gasteiger partial charge in [-0.25, -0.2) is 0 Å². The minimum atomic E-state index is -0.501. The Morgan fingerprint density at radius 2 is 1.32 bits per heavy atom. The predicted molar refractivity (Wildman–Crippen MR) is 170 cm³/mol. The first-order valence-electron chi connectivity index (χ1n) is 15.7. The second-order valence-electron chi connectivity index (χ2n) is 12.6. The summed E-state index contributed by atoms with van der Waals surface area (Å²) in [4.78, 5) is 0. The van der Waals surface area contributed by atoms with Crippen LogP contribution in [0.25, 0.3) is 21.9 Å². The zero-order chi connectivity index (χ0) is 27.4. The van der Waals surface area contributed by atoms with E-state index in [1.807, 2.05) is 0 Å². The van der Waals surface area contributed by atoms with Gasteiger partial charge in [0.1, 0.15) is 5.75 Å². The summed E-state index contributed by atoms with van der Waals surface area (Å²) in [6.45, 7) is 2.17. The van der Waals surface area contributed by atoms with Crippen LogP contribution in [0.1, 0.15) is 83.4 Å². The first-order chi connectivity index (χ1) is 20.2. The molecule has 1 aliphatic heterocycles. The van der Waals surface area contributed by atoms with Crippen molar-refractivity contribution >= 4 is 10.8 Å². The normalized spacial score (nSPS) is 20.1. The van der Waals surface area contributed by atoms with Gasteiger partial charge in [-0.15, -0.1) is 0 Å². The third kappa shape index (κ3) is 4.04. The van der Waals surface area contributed by atoms with Crippen LogP contribution in [0.15, 0.2) is 97.1 Å². The Hall–Kier alpha value is -3.84. The van der Waals surface area contributed by atoms with Crippen LogP contribution in [0.5, 0.6) is 5.75 Å². The molecule has 0 bridgehead atoms. The van der Waals surface area contributed by atoms with E-state index in [1.165, 1.54) is 92.9 Å². The monoisotopic (exact) mass is 534 g/mol. The van der Waals surface area contributed by atoms with Crippen molar-refractivity contribution in [2.75, 3.05) is 0 Å². The Bertz CT molecular complexity index is 1740. The standard InChI is InChI=1S/C40H38O/c1-27-15-20-31(21-16-27)40(32-22-17-29(18-23-32)28-9-3-2-4-10-28)26-25-36-34-13-7-8-14-35(34)38-33-12-6-5-11-30(33)19-24-37(38)39(36)41-40/h5-8,11-18,20-23,28H,2-4,9-10,19,24-26H2,1H3. The number of fused-ring (bicyclic) bond motifs is 8. The highest BCUT2D eigenvalue weighted by molar-refractivity contribution is 6.03. The number of hydrogen-bond acceptors (Lipinski definition) is 1. The fourth-order valence-electron chi connectivity index (χ4n) is 8.09. The molecule has 1 fully saturated rings. The molecule has 0 spiro atoms. The predicted octanol–water partition coefficient (Wildman–Crippen LogP) is 10.2. The number of benzene rings is 5. The molecule has 204 valence electrons. The SMILES string of the molecule is Cc1ccc(C2(c3ccc(C4CCCCC4)cc3)CCc3c(c4c(c5ccccc35)-c3ccccc3CC4)O2)cc1. The van der Waals surface area contributed by atoms with Gasteiger partial charge in [0.25, 0.3) is 0 Å². The van der Waals surface area contributed by atoms with Crippen molar-refractivity contribution < 1.29 is 4.74 Å². The van der Waals surface area contributed by atoms with Crippen LogP contribution >= 0.6 is 0 Å². The molecule has 5 aromatic rings. The van der Waals surface area contributed by atoms with E-state index in [2.05, 4.69) is 104 Å². The van der Waals surface area contributed by atoms with Crippen molar-refractivity contribution in [2.24, 2.45) is 0 Å². The molecule has 41 heavy (non-hydrogen) atoms. The molecule has 0 radical (unpaired) electrons. The number of ether oxygens (including phenoxy) is 1. The first kappa shape index (κ1) is 24.9. The lowest BCUT2D eigenvalue weighted by atomic mass is 9.75. The third-order valence-electron chi connectivity index (χ3n) is 10.3. The van der Waals surface area contributed by atoms with Gasteiger partial charge in [-0.05, 0) is 95.5 Å². The summed E-state index contributed by atoms with van der Waals surface area (Å²) in [5.74, 6) is 1.84. The second kappa shape index (κ2) is 9.91. The van der Waals surface area contributed by atoms with Crippen LogP contribution in [0, 0.1) is 6.92 Å². The van der Waals surface area contributed by atoms with Crippen molar-refractivity contribution in [2.45, 2.75) is 76.2 Å². The summed E-state index contributed by atoms with van der Waals surface area (Å²) in [7, 11) is 0. The molecule has 1 heteroatoms. The molecule has 1 saturated carbocycles. The van der Waals surface area contributed by atoms with E-state index in [0.717, 1.165) is 31.4 Å². The Balaban J connectivity index is 1.32. The molecule has 1 heterocycles. The second-order valence-corrected chi connectivity index (χ2v) is 12.6. The number of rotatable bonds is 3.